The van der Waals surface area contributed by atoms with Crippen molar-refractivity contribution in [2.75, 3.05) is 11.9 Å². The Balaban J connectivity index is 2.17. The van der Waals surface area contributed by atoms with Crippen LogP contribution in [-0.2, 0) is 0 Å². The number of hydrogen-bond acceptors (Lipinski definition) is 7. The Morgan fingerprint density at radius 1 is 1.36 bits per heavy atom. The molecule has 1 radical (unpaired) electrons. The van der Waals surface area contributed by atoms with Gasteiger partial charge in [-0.25, -0.2) is 18.4 Å². The van der Waals surface area contributed by atoms with Crippen LogP contribution in [0.1, 0.15) is 0 Å². The van der Waals surface area contributed by atoms with Gasteiger partial charge in [-0.1, -0.05) is 5.16 Å². The third kappa shape index (κ3) is 2.41. The van der Waals surface area contributed by atoms with E-state index in [4.69, 9.17) is 0 Å². The number of rotatable bonds is 4. The third-order valence-electron chi connectivity index (χ3n) is 2.76. The molecular formula is C12H8BrFN5O3. The topological polar surface area (TPSA) is 99.0 Å². The molecular weight excluding hydrogens is 361 g/mol. The monoisotopic (exact) mass is 368 g/mol. The van der Waals surface area contributed by atoms with E-state index in [2.05, 4.69) is 52.8 Å². The molecule has 113 valence electrons. The smallest absolute Gasteiger partial charge is 0.365 e. The first-order valence-corrected chi connectivity index (χ1v) is 6.81. The van der Waals surface area contributed by atoms with Crippen molar-refractivity contribution in [2.24, 2.45) is 0 Å². The second-order valence-corrected chi connectivity index (χ2v) is 4.95. The molecule has 1 aromatic carbocycles. The first-order valence-electron chi connectivity index (χ1n) is 6.02. The molecule has 0 fully saturated rings. The fourth-order valence-corrected chi connectivity index (χ4v) is 2.19. The Kier molecular flexibility index (Phi) is 3.75. The van der Waals surface area contributed by atoms with Crippen molar-refractivity contribution in [2.45, 2.75) is 0 Å². The Morgan fingerprint density at radius 2 is 2.18 bits per heavy atom. The fourth-order valence-electron chi connectivity index (χ4n) is 1.82. The molecule has 0 spiro atoms. The molecule has 0 unspecified atom stereocenters. The minimum Gasteiger partial charge on any atom is -0.365 e. The van der Waals surface area contributed by atoms with E-state index in [0.717, 1.165) is 4.57 Å². The summed E-state index contributed by atoms with van der Waals surface area (Å²) in [7, 11) is 0. The van der Waals surface area contributed by atoms with Crippen molar-refractivity contribution in [1.82, 2.24) is 20.0 Å². The average Bonchev–Trinajstić information content (AvgIpc) is 3.09. The van der Waals surface area contributed by atoms with E-state index in [9.17, 15) is 9.18 Å². The molecule has 2 heterocycles. The second-order valence-electron chi connectivity index (χ2n) is 4.09. The number of anilines is 1. The molecule has 3 rings (SSSR count). The maximum Gasteiger partial charge on any atom is 0.446 e. The van der Waals surface area contributed by atoms with Crippen molar-refractivity contribution in [3.63, 3.8) is 0 Å². The Labute approximate surface area is 131 Å². The molecule has 8 nitrogen and oxygen atoms in total. The van der Waals surface area contributed by atoms with E-state index in [1.54, 1.807) is 0 Å². The van der Waals surface area contributed by atoms with Crippen LogP contribution in [-0.4, -0.2) is 26.6 Å². The van der Waals surface area contributed by atoms with Crippen molar-refractivity contribution < 1.29 is 13.5 Å². The van der Waals surface area contributed by atoms with Crippen LogP contribution in [0.3, 0.4) is 0 Å². The van der Waals surface area contributed by atoms with Crippen molar-refractivity contribution in [3.05, 3.63) is 46.0 Å². The van der Waals surface area contributed by atoms with Gasteiger partial charge in [-0.2, -0.15) is 0 Å². The van der Waals surface area contributed by atoms with Crippen LogP contribution in [0.25, 0.3) is 17.2 Å². The highest BCUT2D eigenvalue weighted by Crippen LogP contribution is 2.25. The quantitative estimate of drug-likeness (QED) is 0.751. The summed E-state index contributed by atoms with van der Waals surface area (Å²) >= 11 is 3.06. The van der Waals surface area contributed by atoms with Gasteiger partial charge in [0.2, 0.25) is 11.6 Å². The largest absolute Gasteiger partial charge is 0.446 e. The minimum atomic E-state index is -0.753. The van der Waals surface area contributed by atoms with Crippen LogP contribution in [0.4, 0.5) is 10.2 Å². The van der Waals surface area contributed by atoms with Crippen LogP contribution < -0.4 is 11.1 Å². The van der Waals surface area contributed by atoms with Gasteiger partial charge >= 0.3 is 5.76 Å². The first kappa shape index (κ1) is 14.4. The fraction of sp³-hybridized carbons (Fsp3) is 0.0833. The van der Waals surface area contributed by atoms with Crippen molar-refractivity contribution >= 4 is 21.7 Å². The Morgan fingerprint density at radius 3 is 2.91 bits per heavy atom. The number of halogens is 2. The van der Waals surface area contributed by atoms with Gasteiger partial charge in [0.05, 0.1) is 10.2 Å². The zero-order valence-electron chi connectivity index (χ0n) is 10.9. The number of benzene rings is 1. The molecule has 1 N–H and O–H groups in total. The molecule has 0 atom stereocenters. The third-order valence-corrected chi connectivity index (χ3v) is 3.37. The lowest BCUT2D eigenvalue weighted by Gasteiger charge is -2.04. The molecule has 0 saturated heterocycles. The van der Waals surface area contributed by atoms with Crippen LogP contribution in [0.5, 0.6) is 0 Å². The molecule has 2 aromatic heterocycles. The number of hydrogen-bond donors (Lipinski definition) is 1. The summed E-state index contributed by atoms with van der Waals surface area (Å²) in [5.41, 5.74) is 0.521. The summed E-state index contributed by atoms with van der Waals surface area (Å²) in [6.45, 7) is 3.95. The predicted molar refractivity (Wildman–Crippen MR) is 76.9 cm³/mol. The summed E-state index contributed by atoms with van der Waals surface area (Å²) in [5, 5.41) is 13.8. The van der Waals surface area contributed by atoms with Gasteiger partial charge in [-0.3, -0.25) is 4.52 Å². The summed E-state index contributed by atoms with van der Waals surface area (Å²) in [4.78, 5) is 11.9. The average molecular weight is 369 g/mol. The van der Waals surface area contributed by atoms with E-state index in [0.29, 0.717) is 12.2 Å². The van der Waals surface area contributed by atoms with Crippen molar-refractivity contribution in [1.29, 1.82) is 0 Å². The molecule has 0 bridgehead atoms. The number of nitrogens with zero attached hydrogens (tertiary/aromatic N) is 4. The van der Waals surface area contributed by atoms with Crippen molar-refractivity contribution in [3.8, 4) is 17.2 Å². The van der Waals surface area contributed by atoms with Gasteiger partial charge < -0.3 is 5.32 Å². The zero-order chi connectivity index (χ0) is 15.7. The van der Waals surface area contributed by atoms with E-state index in [1.165, 1.54) is 18.2 Å². The van der Waals surface area contributed by atoms with Crippen LogP contribution in [0.2, 0.25) is 0 Å². The first-order chi connectivity index (χ1) is 10.6. The highest BCUT2D eigenvalue weighted by Gasteiger charge is 2.22. The highest BCUT2D eigenvalue weighted by molar-refractivity contribution is 9.10. The van der Waals surface area contributed by atoms with Gasteiger partial charge in [-0.15, -0.1) is 0 Å². The van der Waals surface area contributed by atoms with Gasteiger partial charge in [0.15, 0.2) is 5.69 Å². The van der Waals surface area contributed by atoms with Gasteiger partial charge in [0.25, 0.3) is 0 Å². The van der Waals surface area contributed by atoms with Gasteiger partial charge in [0, 0.05) is 6.54 Å². The van der Waals surface area contributed by atoms with Crippen LogP contribution in [0.15, 0.2) is 36.6 Å². The molecule has 0 aliphatic rings. The summed E-state index contributed by atoms with van der Waals surface area (Å²) < 4.78 is 24.0. The zero-order valence-corrected chi connectivity index (χ0v) is 12.5. The van der Waals surface area contributed by atoms with Gasteiger partial charge in [-0.05, 0) is 51.4 Å². The molecule has 0 saturated carbocycles. The maximum absolute atomic E-state index is 13.4. The molecule has 0 amide bonds. The number of nitrogens with one attached hydrogen (secondary N) is 1. The van der Waals surface area contributed by atoms with Crippen LogP contribution in [0, 0.1) is 12.7 Å². The predicted octanol–water partition coefficient (Wildman–Crippen LogP) is 2.02. The summed E-state index contributed by atoms with van der Waals surface area (Å²) in [5.74, 6) is -0.881. The van der Waals surface area contributed by atoms with E-state index < -0.39 is 11.6 Å². The van der Waals surface area contributed by atoms with Crippen LogP contribution >= 0.6 is 15.9 Å². The lowest BCUT2D eigenvalue weighted by molar-refractivity contribution is 0.309. The molecule has 22 heavy (non-hydrogen) atoms. The summed E-state index contributed by atoms with van der Waals surface area (Å²) in [6, 6.07) is 4.03. The number of aromatic nitrogens is 4. The van der Waals surface area contributed by atoms with E-state index in [-0.39, 0.29) is 21.8 Å². The minimum absolute atomic E-state index is 0.0701. The lowest BCUT2D eigenvalue weighted by Crippen LogP contribution is -2.14. The maximum atomic E-state index is 13.4. The second kappa shape index (κ2) is 5.72. The SMILES string of the molecule is [CH2]CNc1nonc1-c1noc(=O)n1-c1ccc(F)c(Br)c1. The molecule has 0 aliphatic carbocycles. The molecule has 0 aliphatic heterocycles. The Hall–Kier alpha value is -2.49. The highest BCUT2D eigenvalue weighted by atomic mass is 79.9. The lowest BCUT2D eigenvalue weighted by atomic mass is 10.3. The van der Waals surface area contributed by atoms with E-state index >= 15 is 0 Å². The normalized spacial score (nSPS) is 10.9. The molecule has 3 aromatic rings. The standard InChI is InChI=1S/C12H8BrFN5O3/c1-2-15-10-9(16-22-17-10)11-18-21-12(20)19(11)6-3-4-8(14)7(13)5-6/h3-5H,1-2H2,(H,15,17). The van der Waals surface area contributed by atoms with E-state index in [1.807, 2.05) is 0 Å². The van der Waals surface area contributed by atoms with Gasteiger partial charge in [0.1, 0.15) is 5.82 Å². The summed E-state index contributed by atoms with van der Waals surface area (Å²) in [6.07, 6.45) is 0. The Bertz CT molecular complexity index is 872. The molecule has 10 heteroatoms.